The number of aromatic amines is 1. The molecule has 2 aliphatic rings. The zero-order chi connectivity index (χ0) is 37.4. The topological polar surface area (TPSA) is 164 Å². The third-order valence-corrected chi connectivity index (χ3v) is 10.4. The number of aromatic nitrogens is 2. The van der Waals surface area contributed by atoms with Crippen molar-refractivity contribution < 1.29 is 24.2 Å². The first-order chi connectivity index (χ1) is 26.3. The molecule has 0 unspecified atom stereocenters. The zero-order valence-electron chi connectivity index (χ0n) is 30.3. The van der Waals surface area contributed by atoms with Gasteiger partial charge in [-0.2, -0.15) is 0 Å². The number of benzene rings is 4. The maximum Gasteiger partial charge on any atom is 0.326 e. The molecule has 4 aromatic carbocycles. The van der Waals surface area contributed by atoms with Crippen LogP contribution in [0.5, 0.6) is 0 Å². The Balaban J connectivity index is 0.961. The molecule has 12 nitrogen and oxygen atoms in total. The maximum atomic E-state index is 12.9. The third-order valence-electron chi connectivity index (χ3n) is 10.4. The van der Waals surface area contributed by atoms with Crippen LogP contribution in [0, 0.1) is 0 Å². The van der Waals surface area contributed by atoms with Crippen LogP contribution < -0.4 is 22.1 Å². The highest BCUT2D eigenvalue weighted by atomic mass is 16.7. The van der Waals surface area contributed by atoms with Crippen LogP contribution in [0.2, 0.25) is 0 Å². The van der Waals surface area contributed by atoms with E-state index in [1.165, 1.54) is 0 Å². The number of nitrogens with zero attached hydrogens (tertiary/aromatic N) is 2. The van der Waals surface area contributed by atoms with E-state index in [4.69, 9.17) is 15.2 Å². The van der Waals surface area contributed by atoms with Gasteiger partial charge in [0.1, 0.15) is 0 Å². The normalized spacial score (nSPS) is 19.5. The van der Waals surface area contributed by atoms with Gasteiger partial charge in [0, 0.05) is 56.2 Å². The van der Waals surface area contributed by atoms with E-state index in [1.54, 1.807) is 12.1 Å². The second kappa shape index (κ2) is 17.3. The van der Waals surface area contributed by atoms with E-state index in [-0.39, 0.29) is 48.8 Å². The molecule has 0 bridgehead atoms. The van der Waals surface area contributed by atoms with Crippen molar-refractivity contribution in [1.29, 1.82) is 0 Å². The molecule has 282 valence electrons. The van der Waals surface area contributed by atoms with Gasteiger partial charge in [-0.3, -0.25) is 14.2 Å². The number of hydrogen-bond acceptors (Lipinski definition) is 8. The minimum atomic E-state index is -0.664. The Hall–Kier alpha value is -5.27. The number of nitrogen functional groups attached to an aromatic ring is 1. The van der Waals surface area contributed by atoms with Crippen molar-refractivity contribution in [2.75, 3.05) is 36.0 Å². The molecule has 2 fully saturated rings. The molecule has 2 aliphatic heterocycles. The lowest BCUT2D eigenvalue weighted by molar-refractivity contribution is -0.253. The summed E-state index contributed by atoms with van der Waals surface area (Å²) in [6, 6.07) is 30.5. The highest BCUT2D eigenvalue weighted by Crippen LogP contribution is 2.39. The van der Waals surface area contributed by atoms with Crippen LogP contribution in [0.15, 0.2) is 102 Å². The van der Waals surface area contributed by atoms with Gasteiger partial charge < -0.3 is 40.8 Å². The molecule has 7 rings (SSSR count). The fourth-order valence-corrected chi connectivity index (χ4v) is 7.50. The quantitative estimate of drug-likeness (QED) is 0.0684. The van der Waals surface area contributed by atoms with Crippen molar-refractivity contribution in [1.82, 2.24) is 14.5 Å². The summed E-state index contributed by atoms with van der Waals surface area (Å²) in [5.74, 6) is -0.274. The number of nitrogens with one attached hydrogen (secondary N) is 3. The van der Waals surface area contributed by atoms with Crippen molar-refractivity contribution >= 4 is 39.9 Å². The zero-order valence-corrected chi connectivity index (χ0v) is 30.3. The highest BCUT2D eigenvalue weighted by molar-refractivity contribution is 5.94. The summed E-state index contributed by atoms with van der Waals surface area (Å²) in [5.41, 5.74) is 12.0. The Kier molecular flexibility index (Phi) is 11.8. The number of hydrogen-bond donors (Lipinski definition) is 5. The molecule has 0 spiro atoms. The molecule has 0 aliphatic carbocycles. The summed E-state index contributed by atoms with van der Waals surface area (Å²) < 4.78 is 15.1. The lowest BCUT2D eigenvalue weighted by atomic mass is 9.98. The van der Waals surface area contributed by atoms with E-state index in [9.17, 15) is 19.5 Å². The van der Waals surface area contributed by atoms with Crippen LogP contribution in [0.25, 0.3) is 11.0 Å². The molecule has 0 saturated carbocycles. The number of aliphatic hydroxyl groups excluding tert-OH is 1. The summed E-state index contributed by atoms with van der Waals surface area (Å²) in [5, 5.41) is 15.4. The summed E-state index contributed by atoms with van der Waals surface area (Å²) in [7, 11) is 0. The molecule has 6 N–H and O–H groups in total. The smallest absolute Gasteiger partial charge is 0.326 e. The molecule has 3 atom stereocenters. The first-order valence-electron chi connectivity index (χ1n) is 18.8. The number of likely N-dealkylation sites (tertiary alicyclic amines) is 1. The Labute approximate surface area is 314 Å². The Morgan fingerprint density at radius 3 is 2.31 bits per heavy atom. The fraction of sp³-hybridized carbons (Fsp3) is 0.357. The maximum absolute atomic E-state index is 12.9. The van der Waals surface area contributed by atoms with Gasteiger partial charge in [0.25, 0.3) is 0 Å². The summed E-state index contributed by atoms with van der Waals surface area (Å²) in [4.78, 5) is 43.5. The Bertz CT molecular complexity index is 2100. The van der Waals surface area contributed by atoms with Gasteiger partial charge >= 0.3 is 5.69 Å². The molecular weight excluding hydrogens is 684 g/mol. The van der Waals surface area contributed by atoms with Crippen molar-refractivity contribution in [3.05, 3.63) is 124 Å². The molecule has 0 radical (unpaired) electrons. The van der Waals surface area contributed by atoms with Gasteiger partial charge in [-0.05, 0) is 73.2 Å². The molecule has 2 amide bonds. The van der Waals surface area contributed by atoms with Crippen LogP contribution in [0.1, 0.15) is 80.1 Å². The number of ether oxygens (including phenoxy) is 2. The van der Waals surface area contributed by atoms with Gasteiger partial charge in [-0.25, -0.2) is 4.79 Å². The number of nitrogens with two attached hydrogens (primary N) is 1. The Morgan fingerprint density at radius 1 is 0.833 bits per heavy atom. The van der Waals surface area contributed by atoms with Crippen LogP contribution in [-0.2, 0) is 25.7 Å². The largest absolute Gasteiger partial charge is 0.397 e. The summed E-state index contributed by atoms with van der Waals surface area (Å²) in [6.45, 7) is 2.36. The van der Waals surface area contributed by atoms with E-state index >= 15 is 0 Å². The first kappa shape index (κ1) is 37.1. The van der Waals surface area contributed by atoms with Crippen molar-refractivity contribution in [2.45, 2.75) is 76.1 Å². The van der Waals surface area contributed by atoms with Crippen LogP contribution in [0.4, 0.5) is 17.1 Å². The number of carbonyl (C=O) groups is 2. The molecule has 12 heteroatoms. The van der Waals surface area contributed by atoms with E-state index in [0.717, 1.165) is 53.7 Å². The van der Waals surface area contributed by atoms with E-state index in [1.807, 2.05) is 89.5 Å². The number of fused-ring (bicyclic) bond motifs is 1. The minimum Gasteiger partial charge on any atom is -0.397 e. The third kappa shape index (κ3) is 9.08. The SMILES string of the molecule is Nc1ccccc1NC(=O)CCCCC(=O)Nc1cccc([C@@H]2O[C@H](CN3CCC(n4c(=O)[nH]c5ccccc54)CC3)C[C@H](c3ccc(CO)cc3)O2)c1. The predicted octanol–water partition coefficient (Wildman–Crippen LogP) is 6.42. The lowest BCUT2D eigenvalue weighted by Gasteiger charge is -2.40. The van der Waals surface area contributed by atoms with Crippen LogP contribution in [-0.4, -0.2) is 57.1 Å². The van der Waals surface area contributed by atoms with Crippen molar-refractivity contribution in [3.63, 3.8) is 0 Å². The van der Waals surface area contributed by atoms with E-state index < -0.39 is 6.29 Å². The molecule has 3 heterocycles. The van der Waals surface area contributed by atoms with Crippen molar-refractivity contribution in [3.8, 4) is 0 Å². The average Bonchev–Trinajstić information content (AvgIpc) is 3.53. The number of anilines is 3. The van der Waals surface area contributed by atoms with Crippen molar-refractivity contribution in [2.24, 2.45) is 0 Å². The van der Waals surface area contributed by atoms with Crippen LogP contribution in [0.3, 0.4) is 0 Å². The number of unbranched alkanes of at least 4 members (excludes halogenated alkanes) is 1. The van der Waals surface area contributed by atoms with Gasteiger partial charge in [-0.15, -0.1) is 0 Å². The van der Waals surface area contributed by atoms with Gasteiger partial charge in [0.05, 0.1) is 41.2 Å². The average molecular weight is 733 g/mol. The Morgan fingerprint density at radius 2 is 1.56 bits per heavy atom. The first-order valence-corrected chi connectivity index (χ1v) is 18.8. The monoisotopic (exact) mass is 732 g/mol. The molecular formula is C42H48N6O6. The predicted molar refractivity (Wildman–Crippen MR) is 209 cm³/mol. The molecule has 2 saturated heterocycles. The summed E-state index contributed by atoms with van der Waals surface area (Å²) >= 11 is 0. The number of amides is 2. The number of H-pyrrole nitrogens is 1. The van der Waals surface area contributed by atoms with Gasteiger partial charge in [-0.1, -0.05) is 60.7 Å². The number of carbonyl (C=O) groups excluding carboxylic acids is 2. The second-order valence-corrected chi connectivity index (χ2v) is 14.2. The molecule has 5 aromatic rings. The number of imidazole rings is 1. The van der Waals surface area contributed by atoms with E-state index in [0.29, 0.717) is 49.3 Å². The fourth-order valence-electron chi connectivity index (χ4n) is 7.50. The van der Waals surface area contributed by atoms with Gasteiger partial charge in [0.15, 0.2) is 6.29 Å². The highest BCUT2D eigenvalue weighted by Gasteiger charge is 2.34. The standard InChI is InChI=1S/C42H48N6O6/c43-34-10-1-2-11-35(34)45-40(51)15-6-5-14-39(50)44-31-9-7-8-30(24-31)41-53-33(25-38(54-41)29-18-16-28(27-49)17-19-29)26-47-22-20-32(21-23-47)48-37-13-4-3-12-36(37)46-42(48)52/h1-4,7-13,16-19,24,32-33,38,41,49H,5-6,14-15,20-23,25-27,43H2,(H,44,50)(H,45,51)(H,46,52)/t33-,38+,41+/m0/s1. The molecule has 1 aromatic heterocycles. The second-order valence-electron chi connectivity index (χ2n) is 14.2. The van der Waals surface area contributed by atoms with Gasteiger partial charge in [0.2, 0.25) is 11.8 Å². The van der Waals surface area contributed by atoms with E-state index in [2.05, 4.69) is 20.5 Å². The number of aliphatic hydroxyl groups is 1. The lowest BCUT2D eigenvalue weighted by Crippen LogP contribution is -2.43. The number of para-hydroxylation sites is 4. The number of piperidine rings is 1. The summed E-state index contributed by atoms with van der Waals surface area (Å²) in [6.07, 6.45) is 3.04. The molecule has 54 heavy (non-hydrogen) atoms. The number of rotatable bonds is 13. The minimum absolute atomic E-state index is 0.0293. The van der Waals surface area contributed by atoms with Crippen LogP contribution >= 0.6 is 0 Å².